The maximum atomic E-state index is 13.0. The Morgan fingerprint density at radius 2 is 1.87 bits per heavy atom. The lowest BCUT2D eigenvalue weighted by molar-refractivity contribution is -0.384. The first-order valence-electron chi connectivity index (χ1n) is 10.3. The Morgan fingerprint density at radius 3 is 2.48 bits per heavy atom. The van der Waals surface area contributed by atoms with Gasteiger partial charge in [0.05, 0.1) is 10.7 Å². The fourth-order valence-electron chi connectivity index (χ4n) is 3.04. The number of aryl methyl sites for hydroxylation is 1. The van der Waals surface area contributed by atoms with Gasteiger partial charge in [-0.15, -0.1) is 11.8 Å². The Labute approximate surface area is 187 Å². The number of nitrogens with one attached hydrogen (secondary N) is 1. The summed E-state index contributed by atoms with van der Waals surface area (Å²) in [6.07, 6.45) is 0.829. The fourth-order valence-corrected chi connectivity index (χ4v) is 3.91. The van der Waals surface area contributed by atoms with Crippen LogP contribution in [0.2, 0.25) is 0 Å². The van der Waals surface area contributed by atoms with Gasteiger partial charge in [0.1, 0.15) is 6.04 Å². The first-order chi connectivity index (χ1) is 14.8. The van der Waals surface area contributed by atoms with Crippen LogP contribution >= 0.6 is 11.8 Å². The van der Waals surface area contributed by atoms with Crippen molar-refractivity contribution in [3.63, 3.8) is 0 Å². The van der Waals surface area contributed by atoms with E-state index in [9.17, 15) is 19.7 Å². The number of hydrogen-bond donors (Lipinski definition) is 1. The Kier molecular flexibility index (Phi) is 9.52. The van der Waals surface area contributed by atoms with E-state index in [0.29, 0.717) is 18.8 Å². The summed E-state index contributed by atoms with van der Waals surface area (Å²) in [7, 11) is 0. The van der Waals surface area contributed by atoms with Crippen molar-refractivity contribution in [2.24, 2.45) is 0 Å². The molecule has 166 valence electrons. The zero-order valence-corrected chi connectivity index (χ0v) is 19.0. The Hall–Kier alpha value is -2.87. The Morgan fingerprint density at radius 1 is 1.16 bits per heavy atom. The van der Waals surface area contributed by atoms with Crippen molar-refractivity contribution >= 4 is 29.3 Å². The lowest BCUT2D eigenvalue weighted by Gasteiger charge is -2.29. The third-order valence-electron chi connectivity index (χ3n) is 4.79. The van der Waals surface area contributed by atoms with Crippen LogP contribution in [-0.2, 0) is 21.9 Å². The predicted molar refractivity (Wildman–Crippen MR) is 124 cm³/mol. The summed E-state index contributed by atoms with van der Waals surface area (Å²) in [5.74, 6) is 0.489. The van der Waals surface area contributed by atoms with E-state index in [4.69, 9.17) is 0 Å². The molecule has 0 unspecified atom stereocenters. The van der Waals surface area contributed by atoms with Gasteiger partial charge in [0.2, 0.25) is 11.8 Å². The average molecular weight is 444 g/mol. The number of non-ortho nitro benzene ring substituents is 1. The summed E-state index contributed by atoms with van der Waals surface area (Å²) in [5, 5.41) is 13.6. The van der Waals surface area contributed by atoms with Crippen molar-refractivity contribution in [3.8, 4) is 0 Å². The maximum absolute atomic E-state index is 13.0. The van der Waals surface area contributed by atoms with Crippen molar-refractivity contribution in [1.29, 1.82) is 0 Å². The molecular formula is C23H29N3O4S. The van der Waals surface area contributed by atoms with E-state index in [2.05, 4.69) is 5.32 Å². The summed E-state index contributed by atoms with van der Waals surface area (Å²) in [5.41, 5.74) is 3.02. The number of nitro benzene ring substituents is 1. The number of amides is 2. The normalized spacial score (nSPS) is 11.6. The van der Waals surface area contributed by atoms with Gasteiger partial charge < -0.3 is 10.2 Å². The second kappa shape index (κ2) is 12.1. The monoisotopic (exact) mass is 443 g/mol. The minimum atomic E-state index is -0.584. The summed E-state index contributed by atoms with van der Waals surface area (Å²) in [6, 6.07) is 13.6. The molecule has 0 bridgehead atoms. The molecule has 1 N–H and O–H groups in total. The predicted octanol–water partition coefficient (Wildman–Crippen LogP) is 4.08. The number of carbonyl (C=O) groups excluding carboxylic acids is 2. The van der Waals surface area contributed by atoms with Gasteiger partial charge in [-0.1, -0.05) is 48.9 Å². The average Bonchev–Trinajstić information content (AvgIpc) is 2.75. The number of carbonyl (C=O) groups is 2. The van der Waals surface area contributed by atoms with E-state index in [1.807, 2.05) is 38.1 Å². The molecule has 31 heavy (non-hydrogen) atoms. The van der Waals surface area contributed by atoms with E-state index in [1.54, 1.807) is 24.0 Å². The van der Waals surface area contributed by atoms with Gasteiger partial charge in [0, 0.05) is 31.0 Å². The van der Waals surface area contributed by atoms with Crippen LogP contribution in [-0.4, -0.2) is 40.0 Å². The quantitative estimate of drug-likeness (QED) is 0.417. The molecule has 1 atom stereocenters. The van der Waals surface area contributed by atoms with Crippen LogP contribution in [0.25, 0.3) is 0 Å². The van der Waals surface area contributed by atoms with E-state index in [1.165, 1.54) is 23.9 Å². The number of nitrogens with zero attached hydrogens (tertiary/aromatic N) is 2. The standard InChI is InChI=1S/C23H29N3O4S/c1-4-12-24-23(28)18(3)25(14-20-7-5-6-17(2)13-20)22(27)16-31-15-19-8-10-21(11-9-19)26(29)30/h5-11,13,18H,4,12,14-16H2,1-3H3,(H,24,28)/t18-/m1/s1. The zero-order valence-electron chi connectivity index (χ0n) is 18.2. The molecule has 0 aromatic heterocycles. The Bertz CT molecular complexity index is 902. The molecule has 0 saturated heterocycles. The third kappa shape index (κ3) is 7.71. The van der Waals surface area contributed by atoms with Crippen molar-refractivity contribution in [3.05, 3.63) is 75.3 Å². The minimum Gasteiger partial charge on any atom is -0.354 e. The zero-order chi connectivity index (χ0) is 22.8. The SMILES string of the molecule is CCCNC(=O)[C@@H](C)N(Cc1cccc(C)c1)C(=O)CSCc1ccc([N+](=O)[O-])cc1. The molecule has 2 amide bonds. The van der Waals surface area contributed by atoms with Crippen molar-refractivity contribution < 1.29 is 14.5 Å². The highest BCUT2D eigenvalue weighted by atomic mass is 32.2. The maximum Gasteiger partial charge on any atom is 0.269 e. The molecule has 0 heterocycles. The molecule has 2 rings (SSSR count). The van der Waals surface area contributed by atoms with E-state index >= 15 is 0 Å². The van der Waals surface area contributed by atoms with Gasteiger partial charge in [-0.05, 0) is 31.4 Å². The largest absolute Gasteiger partial charge is 0.354 e. The molecule has 0 radical (unpaired) electrons. The fraction of sp³-hybridized carbons (Fsp3) is 0.391. The summed E-state index contributed by atoms with van der Waals surface area (Å²) in [4.78, 5) is 37.5. The van der Waals surface area contributed by atoms with E-state index < -0.39 is 11.0 Å². The van der Waals surface area contributed by atoms with Crippen molar-refractivity contribution in [1.82, 2.24) is 10.2 Å². The molecule has 0 aliphatic rings. The number of benzene rings is 2. The number of nitro groups is 1. The van der Waals surface area contributed by atoms with Crippen LogP contribution in [0.3, 0.4) is 0 Å². The molecular weight excluding hydrogens is 414 g/mol. The minimum absolute atomic E-state index is 0.0427. The molecule has 8 heteroatoms. The molecule has 7 nitrogen and oxygen atoms in total. The summed E-state index contributed by atoms with van der Waals surface area (Å²) >= 11 is 1.42. The Balaban J connectivity index is 2.03. The first kappa shape index (κ1) is 24.4. The topological polar surface area (TPSA) is 92.6 Å². The van der Waals surface area contributed by atoms with Crippen LogP contribution in [0.15, 0.2) is 48.5 Å². The van der Waals surface area contributed by atoms with Crippen LogP contribution in [0.1, 0.15) is 37.0 Å². The summed E-state index contributed by atoms with van der Waals surface area (Å²) in [6.45, 7) is 6.66. The van der Waals surface area contributed by atoms with Gasteiger partial charge >= 0.3 is 0 Å². The molecule has 0 fully saturated rings. The second-order valence-electron chi connectivity index (χ2n) is 7.39. The van der Waals surface area contributed by atoms with Crippen LogP contribution in [0.5, 0.6) is 0 Å². The number of hydrogen-bond acceptors (Lipinski definition) is 5. The number of thioether (sulfide) groups is 1. The van der Waals surface area contributed by atoms with Gasteiger partial charge in [-0.25, -0.2) is 0 Å². The van der Waals surface area contributed by atoms with Gasteiger partial charge in [0.15, 0.2) is 0 Å². The highest BCUT2D eigenvalue weighted by Gasteiger charge is 2.25. The van der Waals surface area contributed by atoms with E-state index in [0.717, 1.165) is 23.1 Å². The third-order valence-corrected chi connectivity index (χ3v) is 5.78. The molecule has 0 aliphatic heterocycles. The molecule has 2 aromatic carbocycles. The molecule has 0 spiro atoms. The van der Waals surface area contributed by atoms with Crippen LogP contribution in [0.4, 0.5) is 5.69 Å². The van der Waals surface area contributed by atoms with Gasteiger partial charge in [-0.2, -0.15) is 0 Å². The van der Waals surface area contributed by atoms with Gasteiger partial charge in [0.25, 0.3) is 5.69 Å². The van der Waals surface area contributed by atoms with Gasteiger partial charge in [-0.3, -0.25) is 19.7 Å². The highest BCUT2D eigenvalue weighted by molar-refractivity contribution is 7.99. The highest BCUT2D eigenvalue weighted by Crippen LogP contribution is 2.19. The lowest BCUT2D eigenvalue weighted by Crippen LogP contribution is -2.48. The van der Waals surface area contributed by atoms with Crippen LogP contribution in [0, 0.1) is 17.0 Å². The molecule has 0 aliphatic carbocycles. The number of rotatable bonds is 11. The van der Waals surface area contributed by atoms with E-state index in [-0.39, 0.29) is 23.3 Å². The first-order valence-corrected chi connectivity index (χ1v) is 11.4. The second-order valence-corrected chi connectivity index (χ2v) is 8.38. The molecule has 0 saturated carbocycles. The van der Waals surface area contributed by atoms with Crippen molar-refractivity contribution in [2.75, 3.05) is 12.3 Å². The smallest absolute Gasteiger partial charge is 0.269 e. The van der Waals surface area contributed by atoms with Crippen LogP contribution < -0.4 is 5.32 Å². The molecule has 2 aromatic rings. The summed E-state index contributed by atoms with van der Waals surface area (Å²) < 4.78 is 0. The van der Waals surface area contributed by atoms with Crippen molar-refractivity contribution in [2.45, 2.75) is 45.5 Å². The lowest BCUT2D eigenvalue weighted by atomic mass is 10.1.